The van der Waals surface area contributed by atoms with Crippen LogP contribution >= 0.6 is 0 Å². The Morgan fingerprint density at radius 1 is 0.739 bits per heavy atom. The highest BCUT2D eigenvalue weighted by Crippen LogP contribution is 2.43. The van der Waals surface area contributed by atoms with Gasteiger partial charge in [-0.3, -0.25) is 5.43 Å². The Labute approximate surface area is 256 Å². The number of hydrogen-bond donors (Lipinski definition) is 2. The molecule has 0 saturated heterocycles. The second-order valence-corrected chi connectivity index (χ2v) is 9.69. The number of ether oxygens (including phenoxy) is 5. The Morgan fingerprint density at radius 2 is 1.26 bits per heavy atom. The molecule has 2 aliphatic heterocycles. The molecule has 238 valence electrons. The van der Waals surface area contributed by atoms with Gasteiger partial charge in [-0.15, -0.1) is 8.78 Å². The highest BCUT2D eigenvalue weighted by atomic mass is 19.3. The second-order valence-electron chi connectivity index (χ2n) is 9.69. The molecular weight excluding hydrogens is 624 g/mol. The van der Waals surface area contributed by atoms with Gasteiger partial charge in [-0.05, 0) is 90.5 Å². The molecular formula is C31H21F6N3O6. The predicted molar refractivity (Wildman–Crippen MR) is 151 cm³/mol. The third-order valence-corrected chi connectivity index (χ3v) is 6.62. The fourth-order valence-corrected chi connectivity index (χ4v) is 4.64. The number of alkyl halides is 6. The maximum atomic E-state index is 13.6. The molecule has 2 heterocycles. The molecule has 0 atom stereocenters. The summed E-state index contributed by atoms with van der Waals surface area (Å²) in [5.74, 6) is 0.317. The molecule has 4 aromatic carbocycles. The Balaban J connectivity index is 1.17. The summed E-state index contributed by atoms with van der Waals surface area (Å²) in [4.78, 5) is 13.3. The van der Waals surface area contributed by atoms with E-state index in [9.17, 15) is 31.1 Å². The van der Waals surface area contributed by atoms with Crippen LogP contribution < -0.4 is 34.4 Å². The lowest BCUT2D eigenvalue weighted by Crippen LogP contribution is -2.40. The summed E-state index contributed by atoms with van der Waals surface area (Å²) in [6, 6.07) is 21.1. The first-order chi connectivity index (χ1) is 22.0. The van der Waals surface area contributed by atoms with Crippen molar-refractivity contribution >= 4 is 23.0 Å². The summed E-state index contributed by atoms with van der Waals surface area (Å²) in [5, 5.41) is 3.97. The number of hydrogen-bond acceptors (Lipinski definition) is 7. The molecule has 9 nitrogen and oxygen atoms in total. The van der Waals surface area contributed by atoms with Crippen LogP contribution in [0.25, 0.3) is 11.3 Å². The average Bonchev–Trinajstić information content (AvgIpc) is 3.59. The molecule has 0 radical (unpaired) electrons. The maximum Gasteiger partial charge on any atom is 0.586 e. The minimum absolute atomic E-state index is 0.0189. The lowest BCUT2D eigenvalue weighted by atomic mass is 10.00. The molecule has 0 aromatic heterocycles. The van der Waals surface area contributed by atoms with Gasteiger partial charge in [0.2, 0.25) is 0 Å². The quantitative estimate of drug-likeness (QED) is 0.179. The van der Waals surface area contributed by atoms with E-state index < -0.39 is 25.5 Å². The molecule has 2 N–H and O–H groups in total. The van der Waals surface area contributed by atoms with Crippen molar-refractivity contribution in [1.82, 2.24) is 10.4 Å². The molecule has 2 aliphatic rings. The number of carbonyl (C=O) groups excluding carboxylic acids is 1. The topological polar surface area (TPSA) is 90.5 Å². The van der Waals surface area contributed by atoms with E-state index >= 15 is 0 Å². The van der Waals surface area contributed by atoms with E-state index in [1.165, 1.54) is 71.7 Å². The van der Waals surface area contributed by atoms with Crippen LogP contribution in [0.15, 0.2) is 91.0 Å². The SMILES string of the molecule is O=C(Nc1ccc(Oc2ccc(OC(F)F)cc2)cc1)N1CC(c2ccc3c(c2)OC(F)(F)O3)=C(c2ccc(OC(F)F)cc2)N1. The summed E-state index contributed by atoms with van der Waals surface area (Å²) in [5.41, 5.74) is 5.22. The number of halogens is 6. The second kappa shape index (κ2) is 12.3. The Morgan fingerprint density at radius 3 is 1.87 bits per heavy atom. The van der Waals surface area contributed by atoms with Crippen molar-refractivity contribution in [2.24, 2.45) is 0 Å². The number of carbonyl (C=O) groups is 1. The molecule has 0 unspecified atom stereocenters. The van der Waals surface area contributed by atoms with Gasteiger partial charge >= 0.3 is 25.5 Å². The summed E-state index contributed by atoms with van der Waals surface area (Å²) in [7, 11) is 0. The summed E-state index contributed by atoms with van der Waals surface area (Å²) >= 11 is 0. The minimum Gasteiger partial charge on any atom is -0.457 e. The highest BCUT2D eigenvalue weighted by molar-refractivity contribution is 5.98. The number of nitrogens with one attached hydrogen (secondary N) is 2. The van der Waals surface area contributed by atoms with E-state index in [1.807, 2.05) is 0 Å². The lowest BCUT2D eigenvalue weighted by Gasteiger charge is -2.19. The van der Waals surface area contributed by atoms with E-state index in [1.54, 1.807) is 24.3 Å². The number of fused-ring (bicyclic) bond motifs is 1. The van der Waals surface area contributed by atoms with Crippen LogP contribution in [0.5, 0.6) is 34.5 Å². The fourth-order valence-electron chi connectivity index (χ4n) is 4.64. The number of urea groups is 1. The van der Waals surface area contributed by atoms with E-state index in [-0.39, 0.29) is 29.5 Å². The zero-order valence-electron chi connectivity index (χ0n) is 23.2. The largest absolute Gasteiger partial charge is 0.586 e. The van der Waals surface area contributed by atoms with E-state index in [0.717, 1.165) is 0 Å². The van der Waals surface area contributed by atoms with Crippen molar-refractivity contribution in [2.45, 2.75) is 19.5 Å². The number of anilines is 1. The Hall–Kier alpha value is -5.73. The van der Waals surface area contributed by atoms with Gasteiger partial charge < -0.3 is 29.0 Å². The molecule has 46 heavy (non-hydrogen) atoms. The first-order valence-electron chi connectivity index (χ1n) is 13.4. The van der Waals surface area contributed by atoms with Gasteiger partial charge in [0.1, 0.15) is 23.0 Å². The minimum atomic E-state index is -3.82. The van der Waals surface area contributed by atoms with Gasteiger partial charge in [0, 0.05) is 16.8 Å². The molecule has 2 amide bonds. The van der Waals surface area contributed by atoms with Crippen molar-refractivity contribution in [3.05, 3.63) is 102 Å². The highest BCUT2D eigenvalue weighted by Gasteiger charge is 2.43. The zero-order valence-corrected chi connectivity index (χ0v) is 23.2. The van der Waals surface area contributed by atoms with Gasteiger partial charge in [-0.25, -0.2) is 9.80 Å². The first-order valence-corrected chi connectivity index (χ1v) is 13.4. The van der Waals surface area contributed by atoms with Gasteiger partial charge in [0.05, 0.1) is 12.2 Å². The molecule has 0 spiro atoms. The number of rotatable bonds is 9. The Kier molecular flexibility index (Phi) is 8.13. The number of benzene rings is 4. The maximum absolute atomic E-state index is 13.6. The molecule has 0 aliphatic carbocycles. The van der Waals surface area contributed by atoms with Gasteiger partial charge in [-0.1, -0.05) is 6.07 Å². The standard InChI is InChI=1S/C31H21F6N3O6/c32-28(33)43-22-6-1-17(2-7-22)27-24(18-3-14-25-26(15-18)46-31(36,37)45-25)16-40(39-27)30(41)38-19-4-8-20(9-5-19)42-21-10-12-23(13-11-21)44-29(34)35/h1-15,28-29,39H,16H2,(H,38,41). The van der Waals surface area contributed by atoms with Crippen molar-refractivity contribution < 1.29 is 54.8 Å². The van der Waals surface area contributed by atoms with Crippen molar-refractivity contribution in [3.8, 4) is 34.5 Å². The molecule has 0 fully saturated rings. The monoisotopic (exact) mass is 645 g/mol. The van der Waals surface area contributed by atoms with Crippen LogP contribution in [0.3, 0.4) is 0 Å². The van der Waals surface area contributed by atoms with Crippen LogP contribution in [0, 0.1) is 0 Å². The molecule has 0 saturated carbocycles. The smallest absolute Gasteiger partial charge is 0.457 e. The van der Waals surface area contributed by atoms with Crippen molar-refractivity contribution in [3.63, 3.8) is 0 Å². The van der Waals surface area contributed by atoms with Gasteiger partial charge in [0.15, 0.2) is 11.5 Å². The molecule has 0 bridgehead atoms. The summed E-state index contributed by atoms with van der Waals surface area (Å²) in [6.45, 7) is -5.99. The van der Waals surface area contributed by atoms with Gasteiger partial charge in [-0.2, -0.15) is 17.6 Å². The van der Waals surface area contributed by atoms with Crippen molar-refractivity contribution in [1.29, 1.82) is 0 Å². The van der Waals surface area contributed by atoms with E-state index in [2.05, 4.69) is 29.7 Å². The van der Waals surface area contributed by atoms with Crippen LogP contribution in [-0.4, -0.2) is 37.1 Å². The molecule has 4 aromatic rings. The summed E-state index contributed by atoms with van der Waals surface area (Å²) in [6.07, 6.45) is -3.82. The lowest BCUT2D eigenvalue weighted by molar-refractivity contribution is -0.286. The molecule has 15 heteroatoms. The number of hydrazine groups is 1. The third-order valence-electron chi connectivity index (χ3n) is 6.62. The predicted octanol–water partition coefficient (Wildman–Crippen LogP) is 7.92. The van der Waals surface area contributed by atoms with Crippen LogP contribution in [0.2, 0.25) is 0 Å². The number of nitrogens with zero attached hydrogens (tertiary/aromatic N) is 1. The van der Waals surface area contributed by atoms with Crippen LogP contribution in [0.4, 0.5) is 36.8 Å². The van der Waals surface area contributed by atoms with E-state index in [4.69, 9.17) is 4.74 Å². The normalized spacial score (nSPS) is 14.8. The fraction of sp³-hybridized carbons (Fsp3) is 0.129. The Bertz CT molecular complexity index is 1750. The van der Waals surface area contributed by atoms with Crippen molar-refractivity contribution in [2.75, 3.05) is 11.9 Å². The summed E-state index contributed by atoms with van der Waals surface area (Å²) < 4.78 is 101. The van der Waals surface area contributed by atoms with Crippen LogP contribution in [-0.2, 0) is 0 Å². The first kappa shape index (κ1) is 30.3. The van der Waals surface area contributed by atoms with Crippen LogP contribution in [0.1, 0.15) is 11.1 Å². The number of amides is 2. The average molecular weight is 646 g/mol. The molecule has 6 rings (SSSR count). The third kappa shape index (κ3) is 6.98. The van der Waals surface area contributed by atoms with Gasteiger partial charge in [0.25, 0.3) is 0 Å². The zero-order chi connectivity index (χ0) is 32.4. The van der Waals surface area contributed by atoms with E-state index in [0.29, 0.717) is 39.6 Å².